The van der Waals surface area contributed by atoms with Gasteiger partial charge in [0.25, 0.3) is 5.91 Å². The molecule has 2 rings (SSSR count). The fourth-order valence-corrected chi connectivity index (χ4v) is 2.21. The minimum atomic E-state index is -0.207. The molecule has 0 fully saturated rings. The molecule has 3 N–H and O–H groups in total. The highest BCUT2D eigenvalue weighted by Gasteiger charge is 2.12. The maximum atomic E-state index is 12.4. The number of nitrogen functional groups attached to an aromatic ring is 1. The molecule has 0 saturated heterocycles. The molecule has 0 heterocycles. The van der Waals surface area contributed by atoms with Crippen LogP contribution in [0.4, 0.5) is 11.4 Å². The molecule has 23 heavy (non-hydrogen) atoms. The first-order valence-electron chi connectivity index (χ1n) is 7.62. The molecule has 5 heteroatoms. The van der Waals surface area contributed by atoms with Crippen molar-refractivity contribution in [2.45, 2.75) is 20.8 Å². The van der Waals surface area contributed by atoms with Crippen molar-refractivity contribution in [3.05, 3.63) is 47.5 Å². The molecule has 1 amide bonds. The number of anilines is 2. The first kappa shape index (κ1) is 16.7. The van der Waals surface area contributed by atoms with Crippen LogP contribution in [0.5, 0.6) is 11.5 Å². The molecule has 122 valence electrons. The zero-order valence-electron chi connectivity index (χ0n) is 13.7. The number of nitrogens with two attached hydrogens (primary N) is 1. The summed E-state index contributed by atoms with van der Waals surface area (Å²) < 4.78 is 11.1. The zero-order chi connectivity index (χ0) is 16.8. The summed E-state index contributed by atoms with van der Waals surface area (Å²) in [5.41, 5.74) is 8.54. The van der Waals surface area contributed by atoms with E-state index in [1.165, 1.54) is 0 Å². The summed E-state index contributed by atoms with van der Waals surface area (Å²) in [6, 6.07) is 10.5. The number of hydrogen-bond acceptors (Lipinski definition) is 4. The van der Waals surface area contributed by atoms with Crippen LogP contribution in [0.15, 0.2) is 36.4 Å². The van der Waals surface area contributed by atoms with Gasteiger partial charge in [0.2, 0.25) is 0 Å². The van der Waals surface area contributed by atoms with Crippen LogP contribution in [-0.2, 0) is 0 Å². The topological polar surface area (TPSA) is 73.6 Å². The minimum Gasteiger partial charge on any atom is -0.490 e. The van der Waals surface area contributed by atoms with E-state index in [0.29, 0.717) is 36.0 Å². The zero-order valence-corrected chi connectivity index (χ0v) is 13.7. The van der Waals surface area contributed by atoms with E-state index in [0.717, 1.165) is 11.3 Å². The Morgan fingerprint density at radius 1 is 1.04 bits per heavy atom. The van der Waals surface area contributed by atoms with Crippen LogP contribution in [-0.4, -0.2) is 19.1 Å². The molecule has 0 unspecified atom stereocenters. The number of rotatable bonds is 6. The van der Waals surface area contributed by atoms with Crippen LogP contribution in [0.3, 0.4) is 0 Å². The Labute approximate surface area is 136 Å². The third-order valence-electron chi connectivity index (χ3n) is 3.30. The molecule has 5 nitrogen and oxygen atoms in total. The number of amides is 1. The average Bonchev–Trinajstić information content (AvgIpc) is 2.52. The standard InChI is InChI=1S/C18H22N2O3/c1-4-22-16-9-6-13(11-17(16)23-5-2)18(21)20-15-8-7-14(19)10-12(15)3/h6-11H,4-5,19H2,1-3H3,(H,20,21). The van der Waals surface area contributed by atoms with Gasteiger partial charge < -0.3 is 20.5 Å². The predicted molar refractivity (Wildman–Crippen MR) is 92.3 cm³/mol. The number of carbonyl (C=O) groups excluding carboxylic acids is 1. The summed E-state index contributed by atoms with van der Waals surface area (Å²) in [7, 11) is 0. The van der Waals surface area contributed by atoms with Crippen molar-refractivity contribution in [3.63, 3.8) is 0 Å². The van der Waals surface area contributed by atoms with Gasteiger partial charge in [-0.25, -0.2) is 0 Å². The molecule has 0 radical (unpaired) electrons. The average molecular weight is 314 g/mol. The Balaban J connectivity index is 2.23. The van der Waals surface area contributed by atoms with Gasteiger partial charge in [0.15, 0.2) is 11.5 Å². The Morgan fingerprint density at radius 3 is 2.39 bits per heavy atom. The van der Waals surface area contributed by atoms with Gasteiger partial charge in [0.1, 0.15) is 0 Å². The predicted octanol–water partition coefficient (Wildman–Crippen LogP) is 3.63. The molecule has 2 aromatic carbocycles. The SMILES string of the molecule is CCOc1ccc(C(=O)Nc2ccc(N)cc2C)cc1OCC. The van der Waals surface area contributed by atoms with Crippen LogP contribution in [0.25, 0.3) is 0 Å². The largest absolute Gasteiger partial charge is 0.490 e. The van der Waals surface area contributed by atoms with E-state index in [1.54, 1.807) is 30.3 Å². The van der Waals surface area contributed by atoms with Crippen molar-refractivity contribution in [1.82, 2.24) is 0 Å². The van der Waals surface area contributed by atoms with E-state index in [1.807, 2.05) is 26.8 Å². The smallest absolute Gasteiger partial charge is 0.255 e. The van der Waals surface area contributed by atoms with Gasteiger partial charge in [-0.05, 0) is 62.7 Å². The summed E-state index contributed by atoms with van der Waals surface area (Å²) in [5, 5.41) is 2.88. The minimum absolute atomic E-state index is 0.207. The van der Waals surface area contributed by atoms with Crippen molar-refractivity contribution in [2.24, 2.45) is 0 Å². The van der Waals surface area contributed by atoms with Gasteiger partial charge in [-0.15, -0.1) is 0 Å². The second kappa shape index (κ2) is 7.54. The first-order valence-corrected chi connectivity index (χ1v) is 7.62. The molecule has 0 spiro atoms. The lowest BCUT2D eigenvalue weighted by Crippen LogP contribution is -2.13. The molecule has 0 bridgehead atoms. The fraction of sp³-hybridized carbons (Fsp3) is 0.278. The van der Waals surface area contributed by atoms with Gasteiger partial charge in [-0.1, -0.05) is 0 Å². The lowest BCUT2D eigenvalue weighted by molar-refractivity contribution is 0.102. The van der Waals surface area contributed by atoms with Gasteiger partial charge in [-0.3, -0.25) is 4.79 Å². The third-order valence-corrected chi connectivity index (χ3v) is 3.30. The Morgan fingerprint density at radius 2 is 1.74 bits per heavy atom. The van der Waals surface area contributed by atoms with E-state index in [9.17, 15) is 4.79 Å². The molecule has 0 aliphatic heterocycles. The maximum absolute atomic E-state index is 12.4. The van der Waals surface area contributed by atoms with Gasteiger partial charge in [-0.2, -0.15) is 0 Å². The van der Waals surface area contributed by atoms with Crippen LogP contribution in [0.2, 0.25) is 0 Å². The number of ether oxygens (including phenoxy) is 2. The molecular weight excluding hydrogens is 292 g/mol. The molecule has 0 atom stereocenters. The molecule has 0 aliphatic carbocycles. The van der Waals surface area contributed by atoms with Crippen LogP contribution in [0, 0.1) is 6.92 Å². The first-order chi connectivity index (χ1) is 11.0. The van der Waals surface area contributed by atoms with E-state index >= 15 is 0 Å². The highest BCUT2D eigenvalue weighted by molar-refractivity contribution is 6.05. The van der Waals surface area contributed by atoms with Crippen molar-refractivity contribution >= 4 is 17.3 Å². The van der Waals surface area contributed by atoms with Crippen LogP contribution >= 0.6 is 0 Å². The Bertz CT molecular complexity index is 699. The number of aryl methyl sites for hydroxylation is 1. The molecular formula is C18H22N2O3. The fourth-order valence-electron chi connectivity index (χ4n) is 2.21. The summed E-state index contributed by atoms with van der Waals surface area (Å²) in [4.78, 5) is 12.4. The molecule has 2 aromatic rings. The van der Waals surface area contributed by atoms with Crippen molar-refractivity contribution in [1.29, 1.82) is 0 Å². The second-order valence-electron chi connectivity index (χ2n) is 5.06. The lowest BCUT2D eigenvalue weighted by Gasteiger charge is -2.13. The van der Waals surface area contributed by atoms with E-state index in [-0.39, 0.29) is 5.91 Å². The number of nitrogens with one attached hydrogen (secondary N) is 1. The second-order valence-corrected chi connectivity index (χ2v) is 5.06. The number of carbonyl (C=O) groups is 1. The van der Waals surface area contributed by atoms with Crippen molar-refractivity contribution in [3.8, 4) is 11.5 Å². The van der Waals surface area contributed by atoms with E-state index < -0.39 is 0 Å². The van der Waals surface area contributed by atoms with Crippen LogP contribution < -0.4 is 20.5 Å². The summed E-state index contributed by atoms with van der Waals surface area (Å²) >= 11 is 0. The van der Waals surface area contributed by atoms with Crippen LogP contribution in [0.1, 0.15) is 29.8 Å². The monoisotopic (exact) mass is 314 g/mol. The lowest BCUT2D eigenvalue weighted by atomic mass is 10.1. The maximum Gasteiger partial charge on any atom is 0.255 e. The third kappa shape index (κ3) is 4.16. The summed E-state index contributed by atoms with van der Waals surface area (Å²) in [5.74, 6) is 0.993. The summed E-state index contributed by atoms with van der Waals surface area (Å²) in [6.07, 6.45) is 0. The molecule has 0 aromatic heterocycles. The molecule has 0 saturated carbocycles. The Hall–Kier alpha value is -2.69. The van der Waals surface area contributed by atoms with E-state index in [2.05, 4.69) is 5.32 Å². The quantitative estimate of drug-likeness (QED) is 0.799. The Kier molecular flexibility index (Phi) is 5.46. The van der Waals surface area contributed by atoms with E-state index in [4.69, 9.17) is 15.2 Å². The highest BCUT2D eigenvalue weighted by atomic mass is 16.5. The summed E-state index contributed by atoms with van der Waals surface area (Å²) in [6.45, 7) is 6.73. The molecule has 0 aliphatic rings. The van der Waals surface area contributed by atoms with Gasteiger partial charge in [0, 0.05) is 16.9 Å². The van der Waals surface area contributed by atoms with Gasteiger partial charge >= 0.3 is 0 Å². The number of hydrogen-bond donors (Lipinski definition) is 2. The highest BCUT2D eigenvalue weighted by Crippen LogP contribution is 2.29. The van der Waals surface area contributed by atoms with Gasteiger partial charge in [0.05, 0.1) is 13.2 Å². The normalized spacial score (nSPS) is 10.2. The van der Waals surface area contributed by atoms with Crippen molar-refractivity contribution < 1.29 is 14.3 Å². The number of benzene rings is 2. The van der Waals surface area contributed by atoms with Crippen molar-refractivity contribution in [2.75, 3.05) is 24.3 Å².